The first-order valence-corrected chi connectivity index (χ1v) is 20.1. The zero-order chi connectivity index (χ0) is 41.0. The molecule has 8 aromatic rings. The number of rotatable bonds is 12. The first kappa shape index (κ1) is 37.7. The van der Waals surface area contributed by atoms with Crippen LogP contribution in [0, 0.1) is 0 Å². The van der Waals surface area contributed by atoms with Gasteiger partial charge in [0.15, 0.2) is 0 Å². The van der Waals surface area contributed by atoms with Gasteiger partial charge in [0.2, 0.25) is 0 Å². The van der Waals surface area contributed by atoms with E-state index in [-0.39, 0.29) is 0 Å². The Hall–Kier alpha value is -7.84. The molecule has 0 fully saturated rings. The average molecular weight is 781 g/mol. The number of nitrogens with zero attached hydrogens (tertiary/aromatic N) is 4. The molecule has 292 valence electrons. The molecule has 0 unspecified atom stereocenters. The summed E-state index contributed by atoms with van der Waals surface area (Å²) in [5, 5.41) is 3.57. The van der Waals surface area contributed by atoms with Gasteiger partial charge in [-0.15, -0.1) is 26.3 Å². The summed E-state index contributed by atoms with van der Waals surface area (Å²) in [6.07, 6.45) is 17.7. The SMILES string of the molecule is C=CCc1cccnc1C1=c2ccc([nH]2)=C(c2ncccc2CC=C)c2ccc([nH]2)C(c2ncccc2CC=C)=c2ccc([nH]2)=C(c2ncccc2CC=C)c2ccc1[nH]2. The predicted octanol–water partition coefficient (Wildman–Crippen LogP) is 6.80. The Bertz CT molecular complexity index is 2780. The molecule has 0 atom stereocenters. The number of hydrogen-bond donors (Lipinski definition) is 4. The van der Waals surface area contributed by atoms with Gasteiger partial charge in [0.1, 0.15) is 0 Å². The van der Waals surface area contributed by atoms with Gasteiger partial charge in [-0.05, 0) is 121 Å². The number of nitrogens with one attached hydrogen (secondary N) is 4. The minimum absolute atomic E-state index is 0.653. The second-order valence-electron chi connectivity index (χ2n) is 14.7. The van der Waals surface area contributed by atoms with Crippen molar-refractivity contribution in [2.24, 2.45) is 0 Å². The fourth-order valence-corrected chi connectivity index (χ4v) is 8.28. The molecule has 0 saturated heterocycles. The van der Waals surface area contributed by atoms with Gasteiger partial charge in [0.25, 0.3) is 0 Å². The highest BCUT2D eigenvalue weighted by Crippen LogP contribution is 2.30. The number of pyridine rings is 4. The lowest BCUT2D eigenvalue weighted by atomic mass is 10.0. The van der Waals surface area contributed by atoms with Crippen molar-refractivity contribution in [2.45, 2.75) is 25.7 Å². The van der Waals surface area contributed by atoms with Crippen LogP contribution in [0.1, 0.15) is 67.8 Å². The number of hydrogen-bond acceptors (Lipinski definition) is 4. The summed E-state index contributed by atoms with van der Waals surface area (Å²) in [5.74, 6) is 0. The third-order valence-corrected chi connectivity index (χ3v) is 10.9. The monoisotopic (exact) mass is 780 g/mol. The van der Waals surface area contributed by atoms with E-state index in [2.05, 4.69) is 119 Å². The fraction of sp³-hybridized carbons (Fsp3) is 0.0769. The second-order valence-corrected chi connectivity index (χ2v) is 14.7. The smallest absolute Gasteiger partial charge is 0.0778 e. The molecule has 0 amide bonds. The maximum absolute atomic E-state index is 5.02. The maximum atomic E-state index is 5.02. The Morgan fingerprint density at radius 1 is 0.333 bits per heavy atom. The van der Waals surface area contributed by atoms with Gasteiger partial charge in [-0.3, -0.25) is 19.9 Å². The molecule has 60 heavy (non-hydrogen) atoms. The van der Waals surface area contributed by atoms with E-state index in [1.165, 1.54) is 0 Å². The summed E-state index contributed by atoms with van der Waals surface area (Å²) in [6, 6.07) is 33.4. The molecular formula is C52H44N8. The molecule has 1 aliphatic rings. The second kappa shape index (κ2) is 16.6. The summed E-state index contributed by atoms with van der Waals surface area (Å²) < 4.78 is 0. The molecule has 0 saturated carbocycles. The van der Waals surface area contributed by atoms with Gasteiger partial charge in [-0.2, -0.15) is 0 Å². The molecule has 9 rings (SSSR count). The van der Waals surface area contributed by atoms with Crippen molar-refractivity contribution in [3.05, 3.63) is 262 Å². The highest BCUT2D eigenvalue weighted by atomic mass is 14.8. The molecule has 1 aliphatic heterocycles. The van der Waals surface area contributed by atoms with E-state index in [9.17, 15) is 0 Å². The predicted molar refractivity (Wildman–Crippen MR) is 241 cm³/mol. The first-order valence-electron chi connectivity index (χ1n) is 20.1. The van der Waals surface area contributed by atoms with E-state index in [1.54, 1.807) is 0 Å². The summed E-state index contributed by atoms with van der Waals surface area (Å²) in [6.45, 7) is 16.3. The first-order chi connectivity index (χ1) is 29.6. The van der Waals surface area contributed by atoms with Crippen LogP contribution in [0.4, 0.5) is 0 Å². The van der Waals surface area contributed by atoms with Crippen LogP contribution in [0.3, 0.4) is 0 Å². The lowest BCUT2D eigenvalue weighted by Crippen LogP contribution is -2.21. The van der Waals surface area contributed by atoms with Gasteiger partial charge < -0.3 is 19.9 Å². The van der Waals surface area contributed by atoms with Crippen LogP contribution >= 0.6 is 0 Å². The maximum Gasteiger partial charge on any atom is 0.0778 e. The Morgan fingerprint density at radius 2 is 0.583 bits per heavy atom. The number of allylic oxidation sites excluding steroid dienone is 4. The molecule has 0 aromatic carbocycles. The molecule has 0 aliphatic carbocycles. The number of aromatic amines is 4. The Kier molecular flexibility index (Phi) is 10.4. The summed E-state index contributed by atoms with van der Waals surface area (Å²) in [5.41, 5.74) is 14.9. The third kappa shape index (κ3) is 6.94. The lowest BCUT2D eigenvalue weighted by molar-refractivity contribution is 1.10. The largest absolute Gasteiger partial charge is 0.354 e. The minimum atomic E-state index is 0.653. The van der Waals surface area contributed by atoms with E-state index >= 15 is 0 Å². The van der Waals surface area contributed by atoms with Crippen molar-refractivity contribution >= 4 is 22.3 Å². The molecular weight excluding hydrogens is 737 g/mol. The normalized spacial score (nSPS) is 12.4. The molecule has 8 heteroatoms. The topological polar surface area (TPSA) is 115 Å². The Morgan fingerprint density at radius 3 is 0.817 bits per heavy atom. The van der Waals surface area contributed by atoms with Crippen molar-refractivity contribution in [1.29, 1.82) is 0 Å². The molecule has 0 spiro atoms. The van der Waals surface area contributed by atoms with Crippen LogP contribution in [0.5, 0.6) is 0 Å². The molecule has 8 bridgehead atoms. The molecule has 4 N–H and O–H groups in total. The van der Waals surface area contributed by atoms with Crippen LogP contribution < -0.4 is 21.4 Å². The van der Waals surface area contributed by atoms with E-state index in [4.69, 9.17) is 19.9 Å². The van der Waals surface area contributed by atoms with E-state index in [0.29, 0.717) is 25.7 Å². The molecule has 9 heterocycles. The zero-order valence-electron chi connectivity index (χ0n) is 33.3. The molecule has 8 aromatic heterocycles. The molecule has 8 nitrogen and oxygen atoms in total. The summed E-state index contributed by atoms with van der Waals surface area (Å²) >= 11 is 0. The number of fused-ring (bicyclic) bond motifs is 8. The van der Waals surface area contributed by atoms with Gasteiger partial charge in [0.05, 0.1) is 66.9 Å². The standard InChI is InChI=1S/C52H44N8/c1-5-13-33-17-9-29-53-49(33)45-37-21-23-39(57-37)46(50-34(14-6-2)18-10-30-54-50)41-25-27-43(59-41)48(52-36(16-8-4)20-12-32-56-52)44-28-26-42(60-44)47(40-24-22-38(45)58-40)51-35(15-7-3)19-11-31-55-51/h5-12,17-32,57-60H,1-4,13-16H2. The highest BCUT2D eigenvalue weighted by molar-refractivity contribution is 5.84. The van der Waals surface area contributed by atoms with Crippen LogP contribution in [-0.4, -0.2) is 39.9 Å². The van der Waals surface area contributed by atoms with E-state index in [1.807, 2.05) is 73.4 Å². The average Bonchev–Trinajstić information content (AvgIpc) is 4.12. The van der Waals surface area contributed by atoms with Gasteiger partial charge in [0, 0.05) is 47.1 Å². The summed E-state index contributed by atoms with van der Waals surface area (Å²) in [4.78, 5) is 35.5. The van der Waals surface area contributed by atoms with E-state index in [0.717, 1.165) is 111 Å². The fourth-order valence-electron chi connectivity index (χ4n) is 8.28. The van der Waals surface area contributed by atoms with Crippen molar-refractivity contribution in [1.82, 2.24) is 39.9 Å². The zero-order valence-corrected chi connectivity index (χ0v) is 33.3. The molecule has 0 radical (unpaired) electrons. The van der Waals surface area contributed by atoms with Gasteiger partial charge in [-0.1, -0.05) is 48.6 Å². The van der Waals surface area contributed by atoms with Crippen molar-refractivity contribution < 1.29 is 0 Å². The van der Waals surface area contributed by atoms with Gasteiger partial charge >= 0.3 is 0 Å². The van der Waals surface area contributed by atoms with Crippen LogP contribution in [0.15, 0.2) is 172 Å². The number of H-pyrrole nitrogens is 4. The lowest BCUT2D eigenvalue weighted by Gasteiger charge is -2.13. The van der Waals surface area contributed by atoms with Crippen molar-refractivity contribution in [3.63, 3.8) is 0 Å². The highest BCUT2D eigenvalue weighted by Gasteiger charge is 2.23. The summed E-state index contributed by atoms with van der Waals surface area (Å²) in [7, 11) is 0. The van der Waals surface area contributed by atoms with Crippen molar-refractivity contribution in [2.75, 3.05) is 0 Å². The van der Waals surface area contributed by atoms with Crippen LogP contribution in [-0.2, 0) is 25.7 Å². The number of aromatic nitrogens is 8. The van der Waals surface area contributed by atoms with Crippen LogP contribution in [0.2, 0.25) is 0 Å². The quantitative estimate of drug-likeness (QED) is 0.102. The minimum Gasteiger partial charge on any atom is -0.354 e. The third-order valence-electron chi connectivity index (χ3n) is 10.9. The Labute approximate surface area is 348 Å². The van der Waals surface area contributed by atoms with Crippen LogP contribution in [0.25, 0.3) is 22.3 Å². The van der Waals surface area contributed by atoms with E-state index < -0.39 is 0 Å². The van der Waals surface area contributed by atoms with Crippen molar-refractivity contribution in [3.8, 4) is 0 Å². The van der Waals surface area contributed by atoms with Gasteiger partial charge in [-0.25, -0.2) is 0 Å². The Balaban J connectivity index is 1.47.